The average Bonchev–Trinajstić information content (AvgIpc) is 2.26. The standard InChI is InChI=1S/C10H10N2O6S/c13-10(14)8-5-6-11(8)19(17,18)9-4-2-1-3-7(9)12(15)16/h1-4,8H,5-6H2,(H,13,14)/t8-/m0/s1. The van der Waals surface area contributed by atoms with E-state index in [0.29, 0.717) is 0 Å². The molecule has 0 bridgehead atoms. The first kappa shape index (κ1) is 13.4. The normalized spacial score (nSPS) is 19.7. The van der Waals surface area contributed by atoms with Gasteiger partial charge in [0.15, 0.2) is 4.90 Å². The minimum atomic E-state index is -4.16. The minimum absolute atomic E-state index is 0.0470. The minimum Gasteiger partial charge on any atom is -0.480 e. The van der Waals surface area contributed by atoms with Gasteiger partial charge in [-0.15, -0.1) is 0 Å². The number of hydrogen-bond donors (Lipinski definition) is 1. The summed E-state index contributed by atoms with van der Waals surface area (Å²) in [5.41, 5.74) is -0.557. The molecule has 1 N–H and O–H groups in total. The van der Waals surface area contributed by atoms with Crippen molar-refractivity contribution in [3.8, 4) is 0 Å². The third-order valence-electron chi connectivity index (χ3n) is 2.90. The van der Waals surface area contributed by atoms with Crippen molar-refractivity contribution >= 4 is 21.7 Å². The molecule has 1 aliphatic heterocycles. The first-order valence-electron chi connectivity index (χ1n) is 5.34. The van der Waals surface area contributed by atoms with E-state index in [4.69, 9.17) is 5.11 Å². The van der Waals surface area contributed by atoms with Gasteiger partial charge >= 0.3 is 5.97 Å². The number of hydrogen-bond acceptors (Lipinski definition) is 5. The van der Waals surface area contributed by atoms with Crippen LogP contribution in [0.5, 0.6) is 0 Å². The zero-order valence-corrected chi connectivity index (χ0v) is 10.4. The Bertz CT molecular complexity index is 641. The lowest BCUT2D eigenvalue weighted by Gasteiger charge is -2.36. The SMILES string of the molecule is O=C(O)[C@@H]1CCN1S(=O)(=O)c1ccccc1[N+](=O)[O-]. The summed E-state index contributed by atoms with van der Waals surface area (Å²) >= 11 is 0. The maximum absolute atomic E-state index is 12.2. The molecule has 0 aliphatic carbocycles. The number of para-hydroxylation sites is 1. The predicted octanol–water partition coefficient (Wildman–Crippen LogP) is 0.442. The molecule has 2 rings (SSSR count). The molecular formula is C10H10N2O6S. The number of sulfonamides is 1. The lowest BCUT2D eigenvalue weighted by molar-refractivity contribution is -0.387. The molecule has 0 amide bonds. The Morgan fingerprint density at radius 3 is 2.53 bits per heavy atom. The van der Waals surface area contributed by atoms with Crippen LogP contribution in [0.25, 0.3) is 0 Å². The van der Waals surface area contributed by atoms with Gasteiger partial charge in [-0.1, -0.05) is 12.1 Å². The lowest BCUT2D eigenvalue weighted by atomic mass is 10.1. The van der Waals surface area contributed by atoms with Crippen LogP contribution in [0.15, 0.2) is 29.2 Å². The Balaban J connectivity index is 2.46. The van der Waals surface area contributed by atoms with Crippen molar-refractivity contribution in [3.05, 3.63) is 34.4 Å². The second kappa shape index (κ2) is 4.59. The third-order valence-corrected chi connectivity index (χ3v) is 4.86. The number of nitro groups is 1. The molecule has 1 heterocycles. The van der Waals surface area contributed by atoms with Gasteiger partial charge in [-0.3, -0.25) is 14.9 Å². The molecule has 102 valence electrons. The van der Waals surface area contributed by atoms with Crippen LogP contribution in [0.3, 0.4) is 0 Å². The molecule has 0 radical (unpaired) electrons. The molecule has 9 heteroatoms. The van der Waals surface area contributed by atoms with E-state index >= 15 is 0 Å². The van der Waals surface area contributed by atoms with E-state index in [2.05, 4.69) is 0 Å². The van der Waals surface area contributed by atoms with Gasteiger partial charge in [0.05, 0.1) is 4.92 Å². The Kier molecular flexibility index (Phi) is 3.25. The van der Waals surface area contributed by atoms with Gasteiger partial charge in [0, 0.05) is 12.6 Å². The van der Waals surface area contributed by atoms with E-state index < -0.39 is 37.5 Å². The van der Waals surface area contributed by atoms with Gasteiger partial charge in [-0.2, -0.15) is 4.31 Å². The molecule has 0 aromatic heterocycles. The fourth-order valence-electron chi connectivity index (χ4n) is 1.85. The highest BCUT2D eigenvalue weighted by Gasteiger charge is 2.44. The fraction of sp³-hybridized carbons (Fsp3) is 0.300. The summed E-state index contributed by atoms with van der Waals surface area (Å²) in [7, 11) is -4.16. The molecule has 0 saturated carbocycles. The summed E-state index contributed by atoms with van der Waals surface area (Å²) in [4.78, 5) is 20.4. The van der Waals surface area contributed by atoms with E-state index in [9.17, 15) is 23.3 Å². The summed E-state index contributed by atoms with van der Waals surface area (Å²) in [5.74, 6) is -1.26. The van der Waals surface area contributed by atoms with Crippen LogP contribution in [0.1, 0.15) is 6.42 Å². The van der Waals surface area contributed by atoms with Crippen LogP contribution < -0.4 is 0 Å². The number of carbonyl (C=O) groups is 1. The van der Waals surface area contributed by atoms with Gasteiger partial charge in [0.2, 0.25) is 0 Å². The second-order valence-corrected chi connectivity index (χ2v) is 5.84. The number of rotatable bonds is 4. The van der Waals surface area contributed by atoms with Gasteiger partial charge in [0.1, 0.15) is 6.04 Å². The first-order valence-corrected chi connectivity index (χ1v) is 6.78. The van der Waals surface area contributed by atoms with Crippen molar-refractivity contribution in [1.29, 1.82) is 0 Å². The topological polar surface area (TPSA) is 118 Å². The third kappa shape index (κ3) is 2.17. The summed E-state index contributed by atoms with van der Waals surface area (Å²) < 4.78 is 25.2. The van der Waals surface area contributed by atoms with Crippen LogP contribution in [-0.2, 0) is 14.8 Å². The molecule has 1 atom stereocenters. The van der Waals surface area contributed by atoms with Crippen LogP contribution in [0, 0.1) is 10.1 Å². The zero-order valence-electron chi connectivity index (χ0n) is 9.59. The number of carboxylic acid groups (broad SMARTS) is 1. The number of benzene rings is 1. The van der Waals surface area contributed by atoms with E-state index in [1.807, 2.05) is 0 Å². The highest BCUT2D eigenvalue weighted by molar-refractivity contribution is 7.89. The lowest BCUT2D eigenvalue weighted by Crippen LogP contribution is -2.54. The Morgan fingerprint density at radius 2 is 2.05 bits per heavy atom. The van der Waals surface area contributed by atoms with E-state index in [1.54, 1.807) is 0 Å². The number of carboxylic acids is 1. The molecular weight excluding hydrogens is 276 g/mol. The predicted molar refractivity (Wildman–Crippen MR) is 63.0 cm³/mol. The van der Waals surface area contributed by atoms with Crippen molar-refractivity contribution in [3.63, 3.8) is 0 Å². The highest BCUT2D eigenvalue weighted by atomic mass is 32.2. The van der Waals surface area contributed by atoms with Crippen molar-refractivity contribution in [2.24, 2.45) is 0 Å². The molecule has 1 aromatic rings. The maximum Gasteiger partial charge on any atom is 0.322 e. The smallest absolute Gasteiger partial charge is 0.322 e. The molecule has 0 unspecified atom stereocenters. The zero-order chi connectivity index (χ0) is 14.2. The van der Waals surface area contributed by atoms with Crippen molar-refractivity contribution < 1.29 is 23.2 Å². The Labute approximate surface area is 108 Å². The van der Waals surface area contributed by atoms with Gasteiger partial charge < -0.3 is 5.11 Å². The second-order valence-electron chi connectivity index (χ2n) is 3.98. The maximum atomic E-state index is 12.2. The average molecular weight is 286 g/mol. The van der Waals surface area contributed by atoms with Crippen molar-refractivity contribution in [2.75, 3.05) is 6.54 Å². The molecule has 0 spiro atoms. The largest absolute Gasteiger partial charge is 0.480 e. The first-order chi connectivity index (χ1) is 8.85. The molecule has 1 aromatic carbocycles. The van der Waals surface area contributed by atoms with E-state index in [0.717, 1.165) is 16.4 Å². The highest BCUT2D eigenvalue weighted by Crippen LogP contribution is 2.31. The Hall–Kier alpha value is -2.00. The quantitative estimate of drug-likeness (QED) is 0.634. The number of aliphatic carboxylic acids is 1. The van der Waals surface area contributed by atoms with Crippen molar-refractivity contribution in [2.45, 2.75) is 17.4 Å². The fourth-order valence-corrected chi connectivity index (χ4v) is 3.64. The van der Waals surface area contributed by atoms with Gasteiger partial charge in [-0.05, 0) is 12.5 Å². The molecule has 8 nitrogen and oxygen atoms in total. The van der Waals surface area contributed by atoms with Crippen LogP contribution in [0.4, 0.5) is 5.69 Å². The molecule has 19 heavy (non-hydrogen) atoms. The van der Waals surface area contributed by atoms with Crippen LogP contribution in [-0.4, -0.2) is 41.3 Å². The molecule has 1 fully saturated rings. The van der Waals surface area contributed by atoms with Crippen LogP contribution in [0.2, 0.25) is 0 Å². The summed E-state index contributed by atoms with van der Waals surface area (Å²) in [6.45, 7) is 0.0470. The number of nitrogens with zero attached hydrogens (tertiary/aromatic N) is 2. The van der Waals surface area contributed by atoms with E-state index in [-0.39, 0.29) is 13.0 Å². The number of nitro benzene ring substituents is 1. The van der Waals surface area contributed by atoms with E-state index in [1.165, 1.54) is 12.1 Å². The van der Waals surface area contributed by atoms with Gasteiger partial charge in [-0.25, -0.2) is 8.42 Å². The summed E-state index contributed by atoms with van der Waals surface area (Å²) in [6.07, 6.45) is 0.204. The van der Waals surface area contributed by atoms with Gasteiger partial charge in [0.25, 0.3) is 15.7 Å². The molecule has 1 saturated heterocycles. The summed E-state index contributed by atoms with van der Waals surface area (Å²) in [6, 6.07) is 3.73. The summed E-state index contributed by atoms with van der Waals surface area (Å²) in [5, 5.41) is 19.7. The van der Waals surface area contributed by atoms with Crippen molar-refractivity contribution in [1.82, 2.24) is 4.31 Å². The Morgan fingerprint density at radius 1 is 1.42 bits per heavy atom. The molecule has 1 aliphatic rings. The monoisotopic (exact) mass is 286 g/mol. The van der Waals surface area contributed by atoms with Crippen LogP contribution >= 0.6 is 0 Å².